The lowest BCUT2D eigenvalue weighted by molar-refractivity contribution is 0.0709. The van der Waals surface area contributed by atoms with E-state index in [9.17, 15) is 4.79 Å². The van der Waals surface area contributed by atoms with E-state index in [1.807, 2.05) is 59.5 Å². The lowest BCUT2D eigenvalue weighted by atomic mass is 10.1. The first-order valence-corrected chi connectivity index (χ1v) is 10.4. The second kappa shape index (κ2) is 7.92. The van der Waals surface area contributed by atoms with E-state index in [4.69, 9.17) is 16.0 Å². The molecular weight excluding hydrogens is 398 g/mol. The highest BCUT2D eigenvalue weighted by atomic mass is 35.5. The van der Waals surface area contributed by atoms with Gasteiger partial charge in [-0.3, -0.25) is 4.79 Å². The molecule has 2 aromatic heterocycles. The van der Waals surface area contributed by atoms with E-state index in [1.54, 1.807) is 12.3 Å². The van der Waals surface area contributed by atoms with E-state index in [0.29, 0.717) is 29.6 Å². The van der Waals surface area contributed by atoms with Gasteiger partial charge >= 0.3 is 0 Å². The number of nitrogens with zero attached hydrogens (tertiary/aromatic N) is 3. The van der Waals surface area contributed by atoms with Crippen LogP contribution in [0.4, 0.5) is 0 Å². The average Bonchev–Trinajstić information content (AvgIpc) is 3.42. The van der Waals surface area contributed by atoms with Crippen LogP contribution in [0, 0.1) is 0 Å². The summed E-state index contributed by atoms with van der Waals surface area (Å²) in [6, 6.07) is 19.1. The van der Waals surface area contributed by atoms with Crippen LogP contribution in [0.3, 0.4) is 0 Å². The van der Waals surface area contributed by atoms with Gasteiger partial charge in [-0.2, -0.15) is 0 Å². The summed E-state index contributed by atoms with van der Waals surface area (Å²) in [6.45, 7) is 0.671. The minimum Gasteiger partial charge on any atom is -0.443 e. The molecule has 0 bridgehead atoms. The van der Waals surface area contributed by atoms with Gasteiger partial charge in [0.25, 0.3) is 5.91 Å². The van der Waals surface area contributed by atoms with E-state index in [2.05, 4.69) is 9.97 Å². The van der Waals surface area contributed by atoms with Crippen molar-refractivity contribution in [3.63, 3.8) is 0 Å². The van der Waals surface area contributed by atoms with Crippen molar-refractivity contribution in [2.45, 2.75) is 25.3 Å². The highest BCUT2D eigenvalue weighted by molar-refractivity contribution is 6.30. The predicted molar refractivity (Wildman–Crippen MR) is 116 cm³/mol. The first kappa shape index (κ1) is 18.8. The van der Waals surface area contributed by atoms with Crippen molar-refractivity contribution >= 4 is 28.4 Å². The van der Waals surface area contributed by atoms with Gasteiger partial charge in [0.15, 0.2) is 0 Å². The number of rotatable bonds is 4. The molecule has 1 amide bonds. The summed E-state index contributed by atoms with van der Waals surface area (Å²) in [5.41, 5.74) is 2.33. The highest BCUT2D eigenvalue weighted by Gasteiger charge is 2.34. The Bertz CT molecular complexity index is 1220. The number of likely N-dealkylation sites (tertiary alicyclic amines) is 1. The lowest BCUT2D eigenvalue weighted by Gasteiger charge is -2.22. The van der Waals surface area contributed by atoms with Crippen LogP contribution in [0.2, 0.25) is 5.02 Å². The van der Waals surface area contributed by atoms with Crippen LogP contribution in [0.15, 0.2) is 71.3 Å². The predicted octanol–water partition coefficient (Wildman–Crippen LogP) is 5.44. The number of pyridine rings is 1. The maximum absolute atomic E-state index is 13.2. The topological polar surface area (TPSA) is 59.2 Å². The molecule has 0 aliphatic carbocycles. The summed E-state index contributed by atoms with van der Waals surface area (Å²) in [5.74, 6) is 1.26. The minimum atomic E-state index is -0.168. The fraction of sp³-hybridized carbons (Fsp3) is 0.208. The van der Waals surface area contributed by atoms with Gasteiger partial charge in [0, 0.05) is 23.4 Å². The standard InChI is InChI=1S/C24H20ClN3O2/c25-18-7-3-5-16(13-18)14-19-15-26-23(30-19)22-9-4-12-28(22)24(29)21-11-10-17-6-1-2-8-20(17)27-21/h1-3,5-8,10-11,13,15,22H,4,9,12,14H2/t22-/m1/s1. The number of hydrogen-bond acceptors (Lipinski definition) is 4. The molecule has 0 radical (unpaired) electrons. The molecule has 5 rings (SSSR count). The molecule has 1 atom stereocenters. The zero-order valence-corrected chi connectivity index (χ0v) is 17.0. The molecule has 6 heteroatoms. The third kappa shape index (κ3) is 3.68. The number of para-hydroxylation sites is 1. The van der Waals surface area contributed by atoms with Crippen molar-refractivity contribution in [1.82, 2.24) is 14.9 Å². The number of halogens is 1. The highest BCUT2D eigenvalue weighted by Crippen LogP contribution is 2.33. The van der Waals surface area contributed by atoms with Crippen LogP contribution in [0.5, 0.6) is 0 Å². The van der Waals surface area contributed by atoms with Crippen molar-refractivity contribution in [3.05, 3.63) is 94.8 Å². The molecule has 30 heavy (non-hydrogen) atoms. The number of benzene rings is 2. The monoisotopic (exact) mass is 417 g/mol. The fourth-order valence-electron chi connectivity index (χ4n) is 4.01. The van der Waals surface area contributed by atoms with E-state index in [0.717, 1.165) is 35.1 Å². The number of hydrogen-bond donors (Lipinski definition) is 0. The van der Waals surface area contributed by atoms with Crippen LogP contribution < -0.4 is 0 Å². The van der Waals surface area contributed by atoms with E-state index in [1.165, 1.54) is 0 Å². The van der Waals surface area contributed by atoms with Gasteiger partial charge in [-0.1, -0.05) is 48.0 Å². The second-order valence-electron chi connectivity index (χ2n) is 7.52. The Kier molecular flexibility index (Phi) is 4.97. The summed E-state index contributed by atoms with van der Waals surface area (Å²) in [6.07, 6.45) is 4.10. The summed E-state index contributed by atoms with van der Waals surface area (Å²) >= 11 is 6.07. The van der Waals surface area contributed by atoms with Crippen LogP contribution in [-0.4, -0.2) is 27.3 Å². The molecule has 0 N–H and O–H groups in total. The third-order valence-electron chi connectivity index (χ3n) is 5.46. The molecule has 1 saturated heterocycles. The van der Waals surface area contributed by atoms with Gasteiger partial charge in [-0.15, -0.1) is 0 Å². The normalized spacial score (nSPS) is 16.3. The molecule has 0 spiro atoms. The number of oxazole rings is 1. The van der Waals surface area contributed by atoms with Crippen LogP contribution in [0.25, 0.3) is 10.9 Å². The third-order valence-corrected chi connectivity index (χ3v) is 5.69. The number of fused-ring (bicyclic) bond motifs is 1. The Hall–Kier alpha value is -3.18. The molecule has 4 aromatic rings. The van der Waals surface area contributed by atoms with Gasteiger partial charge in [0.05, 0.1) is 11.7 Å². The van der Waals surface area contributed by atoms with Crippen molar-refractivity contribution in [1.29, 1.82) is 0 Å². The molecular formula is C24H20ClN3O2. The Morgan fingerprint density at radius 2 is 2.03 bits per heavy atom. The molecule has 2 aromatic carbocycles. The van der Waals surface area contributed by atoms with E-state index >= 15 is 0 Å². The molecule has 0 unspecified atom stereocenters. The van der Waals surface area contributed by atoms with Crippen LogP contribution in [-0.2, 0) is 6.42 Å². The van der Waals surface area contributed by atoms with Gasteiger partial charge in [0.1, 0.15) is 17.5 Å². The second-order valence-corrected chi connectivity index (χ2v) is 7.95. The number of aromatic nitrogens is 2. The van der Waals surface area contributed by atoms with E-state index in [-0.39, 0.29) is 11.9 Å². The van der Waals surface area contributed by atoms with Crippen LogP contribution >= 0.6 is 11.6 Å². The SMILES string of the molecule is O=C(c1ccc2ccccc2n1)N1CCC[C@@H]1c1ncc(Cc2cccc(Cl)c2)o1. The van der Waals surface area contributed by atoms with Crippen LogP contribution in [0.1, 0.15) is 46.6 Å². The number of carbonyl (C=O) groups excluding carboxylic acids is 1. The molecule has 1 aliphatic rings. The Labute approximate surface area is 179 Å². The van der Waals surface area contributed by atoms with Gasteiger partial charge in [-0.25, -0.2) is 9.97 Å². The van der Waals surface area contributed by atoms with Gasteiger partial charge in [0.2, 0.25) is 5.89 Å². The smallest absolute Gasteiger partial charge is 0.273 e. The fourth-order valence-corrected chi connectivity index (χ4v) is 4.22. The molecule has 0 saturated carbocycles. The molecule has 1 aliphatic heterocycles. The van der Waals surface area contributed by atoms with Gasteiger partial charge in [-0.05, 0) is 42.7 Å². The largest absolute Gasteiger partial charge is 0.443 e. The Balaban J connectivity index is 1.37. The van der Waals surface area contributed by atoms with E-state index < -0.39 is 0 Å². The maximum atomic E-state index is 13.2. The minimum absolute atomic E-state index is 0.0853. The Morgan fingerprint density at radius 3 is 2.93 bits per heavy atom. The first-order chi connectivity index (χ1) is 14.7. The number of carbonyl (C=O) groups is 1. The maximum Gasteiger partial charge on any atom is 0.273 e. The van der Waals surface area contributed by atoms with Crippen molar-refractivity contribution in [3.8, 4) is 0 Å². The van der Waals surface area contributed by atoms with Crippen molar-refractivity contribution < 1.29 is 9.21 Å². The van der Waals surface area contributed by atoms with Crippen molar-refractivity contribution in [2.75, 3.05) is 6.54 Å². The zero-order valence-electron chi connectivity index (χ0n) is 16.3. The first-order valence-electron chi connectivity index (χ1n) is 10.0. The molecule has 150 valence electrons. The lowest BCUT2D eigenvalue weighted by Crippen LogP contribution is -2.31. The molecule has 1 fully saturated rings. The molecule has 3 heterocycles. The van der Waals surface area contributed by atoms with Crippen molar-refractivity contribution in [2.24, 2.45) is 0 Å². The average molecular weight is 418 g/mol. The zero-order chi connectivity index (χ0) is 20.5. The summed E-state index contributed by atoms with van der Waals surface area (Å²) in [7, 11) is 0. The van der Waals surface area contributed by atoms with Gasteiger partial charge < -0.3 is 9.32 Å². The summed E-state index contributed by atoms with van der Waals surface area (Å²) in [4.78, 5) is 24.1. The quantitative estimate of drug-likeness (QED) is 0.443. The summed E-state index contributed by atoms with van der Waals surface area (Å²) in [5, 5.41) is 1.72. The summed E-state index contributed by atoms with van der Waals surface area (Å²) < 4.78 is 6.03. The Morgan fingerprint density at radius 1 is 1.13 bits per heavy atom. The molecule has 5 nitrogen and oxygen atoms in total. The number of amides is 1.